The Balaban J connectivity index is 1.83. The maximum Gasteiger partial charge on any atom is -0.0326 e. The van der Waals surface area contributed by atoms with Gasteiger partial charge in [-0.05, 0) is 61.2 Å². The Bertz CT molecular complexity index is 210. The van der Waals surface area contributed by atoms with Crippen LogP contribution >= 0.6 is 0 Å². The van der Waals surface area contributed by atoms with Gasteiger partial charge >= 0.3 is 0 Å². The summed E-state index contributed by atoms with van der Waals surface area (Å²) in [6, 6.07) is 0. The van der Waals surface area contributed by atoms with E-state index in [0.29, 0.717) is 10.8 Å². The van der Waals surface area contributed by atoms with E-state index < -0.39 is 0 Å². The number of hydrogen-bond donors (Lipinski definition) is 0. The van der Waals surface area contributed by atoms with E-state index in [2.05, 4.69) is 27.7 Å². The molecule has 0 aliphatic heterocycles. The summed E-state index contributed by atoms with van der Waals surface area (Å²) in [6.07, 6.45) is 11.9. The van der Waals surface area contributed by atoms with Gasteiger partial charge in [0.25, 0.3) is 0 Å². The standard InChI is InChI=1S/C16H30/c1-15(2)11-5-7-13(15)9-10-14-8-6-12-16(14,3)4/h13-14H,5-12H2,1-4H3. The molecule has 2 aliphatic carbocycles. The van der Waals surface area contributed by atoms with Crippen molar-refractivity contribution in [2.75, 3.05) is 0 Å². The first-order valence-corrected chi connectivity index (χ1v) is 7.42. The first-order chi connectivity index (χ1) is 7.42. The Morgan fingerprint density at radius 1 is 0.750 bits per heavy atom. The molecule has 0 heteroatoms. The first kappa shape index (κ1) is 12.5. The zero-order chi connectivity index (χ0) is 11.8. The molecule has 16 heavy (non-hydrogen) atoms. The molecule has 0 spiro atoms. The van der Waals surface area contributed by atoms with Gasteiger partial charge in [0.15, 0.2) is 0 Å². The maximum atomic E-state index is 2.49. The molecule has 0 aromatic heterocycles. The fraction of sp³-hybridized carbons (Fsp3) is 1.00. The van der Waals surface area contributed by atoms with Crippen molar-refractivity contribution in [2.45, 2.75) is 79.1 Å². The maximum absolute atomic E-state index is 2.49. The van der Waals surface area contributed by atoms with Crippen molar-refractivity contribution in [3.05, 3.63) is 0 Å². The Labute approximate surface area is 102 Å². The van der Waals surface area contributed by atoms with Crippen LogP contribution in [0.5, 0.6) is 0 Å². The number of hydrogen-bond acceptors (Lipinski definition) is 0. The molecule has 0 saturated heterocycles. The van der Waals surface area contributed by atoms with Crippen LogP contribution in [0.2, 0.25) is 0 Å². The normalized spacial score (nSPS) is 36.8. The predicted molar refractivity (Wildman–Crippen MR) is 71.5 cm³/mol. The lowest BCUT2D eigenvalue weighted by Crippen LogP contribution is -2.22. The third kappa shape index (κ3) is 2.46. The largest absolute Gasteiger partial charge is 0.0596 e. The van der Waals surface area contributed by atoms with Gasteiger partial charge in [-0.2, -0.15) is 0 Å². The summed E-state index contributed by atoms with van der Waals surface area (Å²) < 4.78 is 0. The van der Waals surface area contributed by atoms with E-state index in [-0.39, 0.29) is 0 Å². The second-order valence-electron chi connectivity index (χ2n) is 7.73. The highest BCUT2D eigenvalue weighted by Gasteiger charge is 2.38. The SMILES string of the molecule is CC1(C)CCCC1CCC1CCCC1(C)C. The third-order valence-electron chi connectivity index (χ3n) is 5.82. The molecule has 0 bridgehead atoms. The molecule has 2 fully saturated rings. The highest BCUT2D eigenvalue weighted by Crippen LogP contribution is 2.49. The Kier molecular flexibility index (Phi) is 3.39. The molecule has 2 saturated carbocycles. The van der Waals surface area contributed by atoms with Gasteiger partial charge < -0.3 is 0 Å². The van der Waals surface area contributed by atoms with Crippen molar-refractivity contribution in [3.63, 3.8) is 0 Å². The molecule has 0 radical (unpaired) electrons. The molecular formula is C16H30. The topological polar surface area (TPSA) is 0 Å². The van der Waals surface area contributed by atoms with Gasteiger partial charge in [0, 0.05) is 0 Å². The van der Waals surface area contributed by atoms with E-state index in [1.54, 1.807) is 0 Å². The van der Waals surface area contributed by atoms with Crippen LogP contribution in [0.1, 0.15) is 79.1 Å². The van der Waals surface area contributed by atoms with Gasteiger partial charge in [0.2, 0.25) is 0 Å². The highest BCUT2D eigenvalue weighted by atomic mass is 14.4. The molecule has 0 nitrogen and oxygen atoms in total. The van der Waals surface area contributed by atoms with Crippen molar-refractivity contribution in [1.82, 2.24) is 0 Å². The Morgan fingerprint density at radius 3 is 1.38 bits per heavy atom. The summed E-state index contributed by atoms with van der Waals surface area (Å²) in [5.74, 6) is 2.03. The Morgan fingerprint density at radius 2 is 1.12 bits per heavy atom. The number of rotatable bonds is 3. The molecule has 0 N–H and O–H groups in total. The zero-order valence-electron chi connectivity index (χ0n) is 11.8. The summed E-state index contributed by atoms with van der Waals surface area (Å²) in [7, 11) is 0. The molecule has 2 unspecified atom stereocenters. The van der Waals surface area contributed by atoms with Gasteiger partial charge in [0.1, 0.15) is 0 Å². The van der Waals surface area contributed by atoms with Gasteiger partial charge in [-0.25, -0.2) is 0 Å². The molecule has 0 heterocycles. The molecule has 2 aliphatic rings. The van der Waals surface area contributed by atoms with Gasteiger partial charge in [-0.3, -0.25) is 0 Å². The lowest BCUT2D eigenvalue weighted by atomic mass is 9.74. The second-order valence-corrected chi connectivity index (χ2v) is 7.73. The smallest absolute Gasteiger partial charge is 0.0326 e. The fourth-order valence-corrected chi connectivity index (χ4v) is 4.27. The van der Waals surface area contributed by atoms with E-state index in [4.69, 9.17) is 0 Å². The van der Waals surface area contributed by atoms with E-state index in [1.165, 1.54) is 51.4 Å². The van der Waals surface area contributed by atoms with E-state index in [1.807, 2.05) is 0 Å². The van der Waals surface area contributed by atoms with Gasteiger partial charge in [-0.15, -0.1) is 0 Å². The van der Waals surface area contributed by atoms with E-state index >= 15 is 0 Å². The molecule has 0 aromatic carbocycles. The summed E-state index contributed by atoms with van der Waals surface area (Å²) in [5.41, 5.74) is 1.28. The first-order valence-electron chi connectivity index (χ1n) is 7.42. The monoisotopic (exact) mass is 222 g/mol. The van der Waals surface area contributed by atoms with Crippen LogP contribution in [0.3, 0.4) is 0 Å². The van der Waals surface area contributed by atoms with Crippen molar-refractivity contribution in [1.29, 1.82) is 0 Å². The fourth-order valence-electron chi connectivity index (χ4n) is 4.27. The van der Waals surface area contributed by atoms with Crippen LogP contribution in [0.4, 0.5) is 0 Å². The van der Waals surface area contributed by atoms with E-state index in [9.17, 15) is 0 Å². The predicted octanol–water partition coefficient (Wildman–Crippen LogP) is 5.42. The molecule has 94 valence electrons. The van der Waals surface area contributed by atoms with Gasteiger partial charge in [-0.1, -0.05) is 40.5 Å². The Hall–Kier alpha value is 0. The summed E-state index contributed by atoms with van der Waals surface area (Å²) in [4.78, 5) is 0. The summed E-state index contributed by atoms with van der Waals surface area (Å²) in [6.45, 7) is 9.96. The van der Waals surface area contributed by atoms with Crippen LogP contribution in [0.15, 0.2) is 0 Å². The molecular weight excluding hydrogens is 192 g/mol. The molecule has 0 amide bonds. The zero-order valence-corrected chi connectivity index (χ0v) is 11.8. The molecule has 2 rings (SSSR count). The average molecular weight is 222 g/mol. The lowest BCUT2D eigenvalue weighted by molar-refractivity contribution is 0.189. The molecule has 0 aromatic rings. The van der Waals surface area contributed by atoms with Crippen molar-refractivity contribution >= 4 is 0 Å². The van der Waals surface area contributed by atoms with Crippen molar-refractivity contribution in [3.8, 4) is 0 Å². The van der Waals surface area contributed by atoms with E-state index in [0.717, 1.165) is 11.8 Å². The van der Waals surface area contributed by atoms with Crippen LogP contribution < -0.4 is 0 Å². The highest BCUT2D eigenvalue weighted by molar-refractivity contribution is 4.89. The van der Waals surface area contributed by atoms with Gasteiger partial charge in [0.05, 0.1) is 0 Å². The minimum Gasteiger partial charge on any atom is -0.0596 e. The van der Waals surface area contributed by atoms with Crippen LogP contribution in [0, 0.1) is 22.7 Å². The van der Waals surface area contributed by atoms with Crippen molar-refractivity contribution < 1.29 is 0 Å². The lowest BCUT2D eigenvalue weighted by Gasteiger charge is -2.31. The summed E-state index contributed by atoms with van der Waals surface area (Å²) >= 11 is 0. The quantitative estimate of drug-likeness (QED) is 0.598. The average Bonchev–Trinajstić information content (AvgIpc) is 2.66. The van der Waals surface area contributed by atoms with Crippen LogP contribution in [-0.4, -0.2) is 0 Å². The van der Waals surface area contributed by atoms with Crippen molar-refractivity contribution in [2.24, 2.45) is 22.7 Å². The summed E-state index contributed by atoms with van der Waals surface area (Å²) in [5, 5.41) is 0. The second kappa shape index (κ2) is 4.35. The minimum absolute atomic E-state index is 0.642. The third-order valence-corrected chi connectivity index (χ3v) is 5.82. The minimum atomic E-state index is 0.642. The molecule has 2 atom stereocenters. The van der Waals surface area contributed by atoms with Crippen LogP contribution in [-0.2, 0) is 0 Å². The van der Waals surface area contributed by atoms with Crippen LogP contribution in [0.25, 0.3) is 0 Å².